The number of hydrogen-bond acceptors (Lipinski definition) is 4. The van der Waals surface area contributed by atoms with Crippen LogP contribution in [0, 0.1) is 11.3 Å². The number of hydrogen-bond donors (Lipinski definition) is 1. The van der Waals surface area contributed by atoms with Crippen molar-refractivity contribution >= 4 is 17.2 Å². The highest BCUT2D eigenvalue weighted by atomic mass is 32.1. The maximum Gasteiger partial charge on any atom is 0.261 e. The molecule has 0 aliphatic rings. The van der Waals surface area contributed by atoms with Crippen molar-refractivity contribution < 1.29 is 9.53 Å². The number of carbonyl (C=O) groups is 1. The van der Waals surface area contributed by atoms with Crippen LogP contribution in [0.5, 0.6) is 5.75 Å². The van der Waals surface area contributed by atoms with Crippen LogP contribution in [0.25, 0.3) is 0 Å². The van der Waals surface area contributed by atoms with E-state index in [0.29, 0.717) is 11.3 Å². The lowest BCUT2D eigenvalue weighted by atomic mass is 10.0. The van der Waals surface area contributed by atoms with Gasteiger partial charge in [-0.15, -0.1) is 11.3 Å². The molecule has 0 radical (unpaired) electrons. The molecule has 1 N–H and O–H groups in total. The molecule has 28 heavy (non-hydrogen) atoms. The molecule has 5 heteroatoms. The van der Waals surface area contributed by atoms with Crippen molar-refractivity contribution in [1.82, 2.24) is 5.32 Å². The number of rotatable bonds is 7. The van der Waals surface area contributed by atoms with E-state index in [1.807, 2.05) is 17.5 Å². The Morgan fingerprint density at radius 2 is 1.86 bits per heavy atom. The first-order valence-electron chi connectivity index (χ1n) is 9.20. The molecule has 1 heterocycles. The first-order chi connectivity index (χ1) is 13.6. The molecule has 0 aliphatic heterocycles. The third-order valence-electron chi connectivity index (χ3n) is 4.50. The molecule has 3 rings (SSSR count). The van der Waals surface area contributed by atoms with Crippen LogP contribution in [0.3, 0.4) is 0 Å². The summed E-state index contributed by atoms with van der Waals surface area (Å²) in [6.45, 7) is 3.84. The molecule has 0 aliphatic carbocycles. The zero-order valence-corrected chi connectivity index (χ0v) is 16.7. The quantitative estimate of drug-likeness (QED) is 0.627. The number of ether oxygens (including phenoxy) is 1. The summed E-state index contributed by atoms with van der Waals surface area (Å²) >= 11 is 1.61. The Kier molecular flexibility index (Phi) is 6.46. The average molecular weight is 391 g/mol. The van der Waals surface area contributed by atoms with Gasteiger partial charge in [-0.05, 0) is 60.2 Å². The molecule has 0 fully saturated rings. The first kappa shape index (κ1) is 19.7. The largest absolute Gasteiger partial charge is 0.481 e. The number of thiophene rings is 1. The van der Waals surface area contributed by atoms with Gasteiger partial charge in [0.2, 0.25) is 0 Å². The van der Waals surface area contributed by atoms with E-state index < -0.39 is 6.10 Å². The number of nitrogens with zero attached hydrogens (tertiary/aromatic N) is 1. The normalized spacial score (nSPS) is 12.6. The zero-order chi connectivity index (χ0) is 19.9. The van der Waals surface area contributed by atoms with Crippen molar-refractivity contribution in [3.8, 4) is 11.8 Å². The highest BCUT2D eigenvalue weighted by Crippen LogP contribution is 2.27. The Hall–Kier alpha value is -3.10. The monoisotopic (exact) mass is 390 g/mol. The summed E-state index contributed by atoms with van der Waals surface area (Å²) in [6.07, 6.45) is 0.316. The number of carbonyl (C=O) groups excluding carboxylic acids is 1. The van der Waals surface area contributed by atoms with E-state index in [1.54, 1.807) is 42.5 Å². The highest BCUT2D eigenvalue weighted by molar-refractivity contribution is 7.10. The number of aryl methyl sites for hydroxylation is 1. The van der Waals surface area contributed by atoms with Crippen LogP contribution >= 0.6 is 11.3 Å². The lowest BCUT2D eigenvalue weighted by Crippen LogP contribution is -2.38. The molecule has 2 aromatic carbocycles. The van der Waals surface area contributed by atoms with Crippen LogP contribution in [0.4, 0.5) is 0 Å². The van der Waals surface area contributed by atoms with Crippen LogP contribution in [0.15, 0.2) is 66.0 Å². The maximum absolute atomic E-state index is 12.8. The maximum atomic E-state index is 12.8. The fraction of sp³-hybridized carbons (Fsp3) is 0.217. The SMILES string of the molecule is CCc1ccc([C@@H](NC(=O)[C@@H](C)Oc2ccc(C#N)cc2)c2cccs2)cc1. The minimum Gasteiger partial charge on any atom is -0.481 e. The molecule has 0 saturated heterocycles. The molecule has 0 unspecified atom stereocenters. The van der Waals surface area contributed by atoms with Crippen molar-refractivity contribution in [3.63, 3.8) is 0 Å². The van der Waals surface area contributed by atoms with Gasteiger partial charge in [0.25, 0.3) is 5.91 Å². The van der Waals surface area contributed by atoms with Gasteiger partial charge in [-0.1, -0.05) is 37.3 Å². The lowest BCUT2D eigenvalue weighted by Gasteiger charge is -2.21. The molecule has 0 saturated carbocycles. The predicted molar refractivity (Wildman–Crippen MR) is 111 cm³/mol. The molecular weight excluding hydrogens is 368 g/mol. The first-order valence-corrected chi connectivity index (χ1v) is 10.1. The molecule has 4 nitrogen and oxygen atoms in total. The van der Waals surface area contributed by atoms with Gasteiger partial charge in [-0.2, -0.15) is 5.26 Å². The van der Waals surface area contributed by atoms with Crippen molar-refractivity contribution in [1.29, 1.82) is 5.26 Å². The second-order valence-corrected chi connectivity index (χ2v) is 7.43. The van der Waals surface area contributed by atoms with Gasteiger partial charge in [0.1, 0.15) is 5.75 Å². The topological polar surface area (TPSA) is 62.1 Å². The van der Waals surface area contributed by atoms with Gasteiger partial charge in [-0.25, -0.2) is 0 Å². The Morgan fingerprint density at radius 1 is 1.14 bits per heavy atom. The summed E-state index contributed by atoms with van der Waals surface area (Å²) in [7, 11) is 0. The van der Waals surface area contributed by atoms with E-state index in [1.165, 1.54) is 5.56 Å². The average Bonchev–Trinajstić information content (AvgIpc) is 3.27. The van der Waals surface area contributed by atoms with Gasteiger partial charge < -0.3 is 10.1 Å². The Balaban J connectivity index is 1.73. The summed E-state index contributed by atoms with van der Waals surface area (Å²) in [5.41, 5.74) is 2.86. The third kappa shape index (κ3) is 4.79. The second kappa shape index (κ2) is 9.20. The molecule has 142 valence electrons. The van der Waals surface area contributed by atoms with Crippen LogP contribution in [-0.2, 0) is 11.2 Å². The molecule has 1 aromatic heterocycles. The summed E-state index contributed by atoms with van der Waals surface area (Å²) in [5.74, 6) is 0.365. The van der Waals surface area contributed by atoms with Crippen LogP contribution < -0.4 is 10.1 Å². The second-order valence-electron chi connectivity index (χ2n) is 6.45. The highest BCUT2D eigenvalue weighted by Gasteiger charge is 2.22. The number of nitriles is 1. The fourth-order valence-electron chi connectivity index (χ4n) is 2.85. The smallest absolute Gasteiger partial charge is 0.261 e. The van der Waals surface area contributed by atoms with Crippen molar-refractivity contribution in [2.45, 2.75) is 32.4 Å². The van der Waals surface area contributed by atoms with E-state index in [2.05, 4.69) is 42.6 Å². The summed E-state index contributed by atoms with van der Waals surface area (Å²) in [5, 5.41) is 14.0. The third-order valence-corrected chi connectivity index (χ3v) is 5.44. The van der Waals surface area contributed by atoms with Gasteiger partial charge in [0, 0.05) is 4.88 Å². The molecule has 0 bridgehead atoms. The summed E-state index contributed by atoms with van der Waals surface area (Å²) in [6, 6.07) is 20.9. The van der Waals surface area contributed by atoms with Crippen molar-refractivity contribution in [2.24, 2.45) is 0 Å². The van der Waals surface area contributed by atoms with Gasteiger partial charge in [-0.3, -0.25) is 4.79 Å². The minimum absolute atomic E-state index is 0.192. The van der Waals surface area contributed by atoms with E-state index in [0.717, 1.165) is 16.9 Å². The van der Waals surface area contributed by atoms with Crippen molar-refractivity contribution in [2.75, 3.05) is 0 Å². The van der Waals surface area contributed by atoms with Crippen molar-refractivity contribution in [3.05, 3.63) is 87.6 Å². The molecule has 0 spiro atoms. The van der Waals surface area contributed by atoms with Gasteiger partial charge in [0.15, 0.2) is 6.10 Å². The summed E-state index contributed by atoms with van der Waals surface area (Å²) < 4.78 is 5.75. The number of nitrogens with one attached hydrogen (secondary N) is 1. The molecular formula is C23H22N2O2S. The number of amides is 1. The van der Waals surface area contributed by atoms with Gasteiger partial charge in [0.05, 0.1) is 17.7 Å². The van der Waals surface area contributed by atoms with Crippen LogP contribution in [-0.4, -0.2) is 12.0 Å². The van der Waals surface area contributed by atoms with Gasteiger partial charge >= 0.3 is 0 Å². The summed E-state index contributed by atoms with van der Waals surface area (Å²) in [4.78, 5) is 13.9. The lowest BCUT2D eigenvalue weighted by molar-refractivity contribution is -0.127. The van der Waals surface area contributed by atoms with E-state index >= 15 is 0 Å². The molecule has 1 amide bonds. The number of benzene rings is 2. The Bertz CT molecular complexity index is 942. The zero-order valence-electron chi connectivity index (χ0n) is 15.9. The Morgan fingerprint density at radius 3 is 2.43 bits per heavy atom. The Labute approximate surface area is 169 Å². The molecule has 2 atom stereocenters. The molecule has 3 aromatic rings. The standard InChI is InChI=1S/C23H22N2O2S/c1-3-17-6-10-19(11-7-17)22(21-5-4-14-28-21)25-23(26)16(2)27-20-12-8-18(15-24)9-13-20/h4-14,16,22H,3H2,1-2H3,(H,25,26)/t16-,22-/m1/s1. The van der Waals surface area contributed by atoms with E-state index in [4.69, 9.17) is 10.00 Å². The van der Waals surface area contributed by atoms with E-state index in [-0.39, 0.29) is 11.9 Å². The van der Waals surface area contributed by atoms with Crippen LogP contribution in [0.2, 0.25) is 0 Å². The van der Waals surface area contributed by atoms with Crippen LogP contribution in [0.1, 0.15) is 41.5 Å². The van der Waals surface area contributed by atoms with E-state index in [9.17, 15) is 4.79 Å². The minimum atomic E-state index is -0.662. The predicted octanol–water partition coefficient (Wildman–Crippen LogP) is 4.86. The fourth-order valence-corrected chi connectivity index (χ4v) is 3.65.